The molecule has 106 valence electrons. The lowest BCUT2D eigenvalue weighted by Crippen LogP contribution is -2.03. The third-order valence-electron chi connectivity index (χ3n) is 2.70. The van der Waals surface area contributed by atoms with Gasteiger partial charge in [-0.05, 0) is 23.8 Å². The Morgan fingerprint density at radius 3 is 2.40 bits per heavy atom. The molecule has 2 aromatic carbocycles. The molecule has 0 radical (unpaired) electrons. The lowest BCUT2D eigenvalue weighted by Gasteiger charge is -2.10. The summed E-state index contributed by atoms with van der Waals surface area (Å²) in [6.07, 6.45) is 0. The van der Waals surface area contributed by atoms with Gasteiger partial charge in [-0.2, -0.15) is 0 Å². The average molecular weight is 335 g/mol. The van der Waals surface area contributed by atoms with E-state index in [9.17, 15) is 4.39 Å². The van der Waals surface area contributed by atoms with Gasteiger partial charge in [0.15, 0.2) is 0 Å². The van der Waals surface area contributed by atoms with Crippen molar-refractivity contribution in [3.8, 4) is 5.75 Å². The Kier molecular flexibility index (Phi) is 5.11. The Bertz CT molecular complexity index is 634. The van der Waals surface area contributed by atoms with Crippen LogP contribution in [0.3, 0.4) is 0 Å². The first-order chi connectivity index (χ1) is 9.51. The van der Waals surface area contributed by atoms with Crippen LogP contribution in [0.4, 0.5) is 4.39 Å². The summed E-state index contributed by atoms with van der Waals surface area (Å²) in [5, 5.41) is 1.07. The molecule has 0 aliphatic heterocycles. The monoisotopic (exact) mass is 333 g/mol. The molecule has 0 amide bonds. The van der Waals surface area contributed by atoms with Gasteiger partial charge in [0.25, 0.3) is 0 Å². The summed E-state index contributed by atoms with van der Waals surface area (Å²) in [7, 11) is 0. The van der Waals surface area contributed by atoms with Crippen LogP contribution in [0.15, 0.2) is 30.3 Å². The normalized spacial score (nSPS) is 10.7. The number of benzene rings is 2. The molecule has 2 rings (SSSR count). The number of nitrogens with two attached hydrogens (primary N) is 1. The van der Waals surface area contributed by atoms with Crippen LogP contribution < -0.4 is 10.5 Å². The van der Waals surface area contributed by atoms with E-state index in [0.29, 0.717) is 26.4 Å². The maximum Gasteiger partial charge on any atom is 0.139 e. The highest BCUT2D eigenvalue weighted by Crippen LogP contribution is 2.34. The van der Waals surface area contributed by atoms with Crippen LogP contribution in [0.5, 0.6) is 5.75 Å². The van der Waals surface area contributed by atoms with E-state index in [1.165, 1.54) is 12.1 Å². The molecule has 0 saturated heterocycles. The van der Waals surface area contributed by atoms with Gasteiger partial charge in [0.2, 0.25) is 0 Å². The molecular weight excluding hydrogens is 324 g/mol. The second-order valence-electron chi connectivity index (χ2n) is 4.12. The van der Waals surface area contributed by atoms with Gasteiger partial charge in [0.1, 0.15) is 18.2 Å². The number of hydrogen-bond donors (Lipinski definition) is 1. The van der Waals surface area contributed by atoms with Gasteiger partial charge in [0, 0.05) is 18.2 Å². The van der Waals surface area contributed by atoms with Crippen molar-refractivity contribution in [1.82, 2.24) is 0 Å². The van der Waals surface area contributed by atoms with Crippen molar-refractivity contribution >= 4 is 34.8 Å². The molecule has 2 nitrogen and oxygen atoms in total. The zero-order valence-electron chi connectivity index (χ0n) is 10.3. The highest BCUT2D eigenvalue weighted by molar-refractivity contribution is 6.43. The van der Waals surface area contributed by atoms with Gasteiger partial charge in [-0.15, -0.1) is 0 Å². The average Bonchev–Trinajstić information content (AvgIpc) is 2.43. The molecule has 0 spiro atoms. The van der Waals surface area contributed by atoms with E-state index < -0.39 is 0 Å². The van der Waals surface area contributed by atoms with Crippen molar-refractivity contribution in [2.24, 2.45) is 5.73 Å². The molecule has 0 atom stereocenters. The van der Waals surface area contributed by atoms with Crippen molar-refractivity contribution in [3.63, 3.8) is 0 Å². The van der Waals surface area contributed by atoms with Crippen LogP contribution in [0.25, 0.3) is 0 Å². The number of hydrogen-bond acceptors (Lipinski definition) is 2. The van der Waals surface area contributed by atoms with Crippen LogP contribution in [0.1, 0.15) is 11.1 Å². The van der Waals surface area contributed by atoms with E-state index in [4.69, 9.17) is 45.3 Å². The number of halogens is 4. The quantitative estimate of drug-likeness (QED) is 0.813. The first-order valence-corrected chi connectivity index (χ1v) is 6.89. The largest absolute Gasteiger partial charge is 0.487 e. The highest BCUT2D eigenvalue weighted by atomic mass is 35.5. The minimum atomic E-state index is -0.330. The van der Waals surface area contributed by atoms with Gasteiger partial charge < -0.3 is 10.5 Å². The fourth-order valence-electron chi connectivity index (χ4n) is 1.65. The SMILES string of the molecule is NCc1cc(COc2cc(Cl)c(Cl)cc2Cl)ccc1F. The molecule has 0 fully saturated rings. The first kappa shape index (κ1) is 15.4. The Morgan fingerprint density at radius 1 is 1.00 bits per heavy atom. The van der Waals surface area contributed by atoms with Crippen molar-refractivity contribution in [3.05, 3.63) is 62.3 Å². The Morgan fingerprint density at radius 2 is 1.70 bits per heavy atom. The smallest absolute Gasteiger partial charge is 0.139 e. The summed E-state index contributed by atoms with van der Waals surface area (Å²) < 4.78 is 18.9. The molecular formula is C14H11Cl3FNO. The lowest BCUT2D eigenvalue weighted by molar-refractivity contribution is 0.306. The predicted molar refractivity (Wildman–Crippen MR) is 80.1 cm³/mol. The minimum Gasteiger partial charge on any atom is -0.487 e. The molecule has 2 N–H and O–H groups in total. The van der Waals surface area contributed by atoms with E-state index in [-0.39, 0.29) is 19.0 Å². The van der Waals surface area contributed by atoms with Crippen LogP contribution in [-0.2, 0) is 13.2 Å². The van der Waals surface area contributed by atoms with Gasteiger partial charge in [-0.1, -0.05) is 40.9 Å². The molecule has 0 aliphatic carbocycles. The van der Waals surface area contributed by atoms with E-state index in [0.717, 1.165) is 5.56 Å². The summed E-state index contributed by atoms with van der Waals surface area (Å²) in [6.45, 7) is 0.359. The molecule has 0 heterocycles. The standard InChI is InChI=1S/C14H11Cl3FNO/c15-10-4-12(17)14(5-11(10)16)20-7-8-1-2-13(18)9(3-8)6-19/h1-5H,6-7,19H2. The van der Waals surface area contributed by atoms with E-state index in [2.05, 4.69) is 0 Å². The van der Waals surface area contributed by atoms with Crippen molar-refractivity contribution < 1.29 is 9.13 Å². The number of ether oxygens (including phenoxy) is 1. The van der Waals surface area contributed by atoms with Crippen LogP contribution in [0, 0.1) is 5.82 Å². The lowest BCUT2D eigenvalue weighted by atomic mass is 10.1. The maximum atomic E-state index is 13.3. The van der Waals surface area contributed by atoms with Crippen molar-refractivity contribution in [2.75, 3.05) is 0 Å². The van der Waals surface area contributed by atoms with E-state index >= 15 is 0 Å². The molecule has 0 aliphatic rings. The van der Waals surface area contributed by atoms with Gasteiger partial charge in [-0.3, -0.25) is 0 Å². The summed E-state index contributed by atoms with van der Waals surface area (Å²) >= 11 is 17.7. The summed E-state index contributed by atoms with van der Waals surface area (Å²) in [5.74, 6) is 0.0866. The van der Waals surface area contributed by atoms with E-state index in [1.54, 1.807) is 18.2 Å². The summed E-state index contributed by atoms with van der Waals surface area (Å²) in [6, 6.07) is 7.69. The van der Waals surface area contributed by atoms with Gasteiger partial charge >= 0.3 is 0 Å². The van der Waals surface area contributed by atoms with E-state index in [1.807, 2.05) is 0 Å². The Balaban J connectivity index is 2.14. The zero-order valence-corrected chi connectivity index (χ0v) is 12.6. The molecule has 6 heteroatoms. The fraction of sp³-hybridized carbons (Fsp3) is 0.143. The second kappa shape index (κ2) is 6.64. The molecule has 0 unspecified atom stereocenters. The predicted octanol–water partition coefficient (Wildman–Crippen LogP) is 4.82. The molecule has 0 saturated carbocycles. The van der Waals surface area contributed by atoms with Crippen molar-refractivity contribution in [1.29, 1.82) is 0 Å². The third kappa shape index (κ3) is 3.55. The topological polar surface area (TPSA) is 35.2 Å². The van der Waals surface area contributed by atoms with Gasteiger partial charge in [-0.25, -0.2) is 4.39 Å². The fourth-order valence-corrected chi connectivity index (χ4v) is 2.24. The molecule has 20 heavy (non-hydrogen) atoms. The van der Waals surface area contributed by atoms with Gasteiger partial charge in [0.05, 0.1) is 15.1 Å². The molecule has 0 aromatic heterocycles. The summed E-state index contributed by atoms with van der Waals surface area (Å²) in [4.78, 5) is 0. The first-order valence-electron chi connectivity index (χ1n) is 5.76. The second-order valence-corrected chi connectivity index (χ2v) is 5.34. The molecule has 0 bridgehead atoms. The third-order valence-corrected chi connectivity index (χ3v) is 3.72. The van der Waals surface area contributed by atoms with Crippen LogP contribution in [-0.4, -0.2) is 0 Å². The minimum absolute atomic E-state index is 0.132. The Hall–Kier alpha value is -1.00. The zero-order chi connectivity index (χ0) is 14.7. The van der Waals surface area contributed by atoms with Crippen LogP contribution >= 0.6 is 34.8 Å². The maximum absolute atomic E-state index is 13.3. The molecule has 2 aromatic rings. The highest BCUT2D eigenvalue weighted by Gasteiger charge is 2.08. The number of rotatable bonds is 4. The van der Waals surface area contributed by atoms with Crippen LogP contribution in [0.2, 0.25) is 15.1 Å². The Labute approximate surface area is 131 Å². The van der Waals surface area contributed by atoms with Crippen molar-refractivity contribution in [2.45, 2.75) is 13.2 Å². The summed E-state index contributed by atoms with van der Waals surface area (Å²) in [5.41, 5.74) is 6.68.